The number of piperazine rings is 1. The Kier molecular flexibility index (Phi) is 10.1. The second-order valence-electron chi connectivity index (χ2n) is 9.76. The Bertz CT molecular complexity index is 1390. The van der Waals surface area contributed by atoms with Crippen LogP contribution in [0.5, 0.6) is 0 Å². The van der Waals surface area contributed by atoms with Crippen molar-refractivity contribution in [2.24, 2.45) is 17.2 Å². The molecule has 1 aliphatic rings. The fourth-order valence-electron chi connectivity index (χ4n) is 4.86. The quantitative estimate of drug-likeness (QED) is 0.0698. The summed E-state index contributed by atoms with van der Waals surface area (Å²) in [6.07, 6.45) is 0.409. The van der Waals surface area contributed by atoms with Crippen molar-refractivity contribution in [3.63, 3.8) is 0 Å². The molecule has 1 aliphatic heterocycles. The van der Waals surface area contributed by atoms with E-state index in [0.717, 1.165) is 9.80 Å². The average Bonchev–Trinajstić information content (AvgIpc) is 2.97. The fourth-order valence-corrected chi connectivity index (χ4v) is 4.86. The number of carboxylic acids is 1. The van der Waals surface area contributed by atoms with Crippen molar-refractivity contribution >= 4 is 41.1 Å². The van der Waals surface area contributed by atoms with E-state index in [1.807, 2.05) is 0 Å². The van der Waals surface area contributed by atoms with Gasteiger partial charge in [-0.05, 0) is 43.5 Å². The van der Waals surface area contributed by atoms with Crippen LogP contribution in [-0.4, -0.2) is 94.3 Å². The van der Waals surface area contributed by atoms with Crippen molar-refractivity contribution < 1.29 is 29.1 Å². The summed E-state index contributed by atoms with van der Waals surface area (Å²) in [6, 6.07) is 12.0. The predicted molar refractivity (Wildman–Crippen MR) is 153 cm³/mol. The summed E-state index contributed by atoms with van der Waals surface area (Å²) in [6.45, 7) is -1.22. The summed E-state index contributed by atoms with van der Waals surface area (Å²) in [5.41, 5.74) is 16.0. The first-order valence-electron chi connectivity index (χ1n) is 13.2. The molecule has 0 radical (unpaired) electrons. The third-order valence-electron chi connectivity index (χ3n) is 7.07. The Morgan fingerprint density at radius 2 is 1.38 bits per heavy atom. The van der Waals surface area contributed by atoms with Crippen molar-refractivity contribution in [1.29, 1.82) is 10.8 Å². The molecule has 3 rings (SSSR count). The lowest BCUT2D eigenvalue weighted by Crippen LogP contribution is -2.72. The van der Waals surface area contributed by atoms with Crippen LogP contribution in [0.1, 0.15) is 51.1 Å². The highest BCUT2D eigenvalue weighted by Crippen LogP contribution is 2.32. The highest BCUT2D eigenvalue weighted by molar-refractivity contribution is 6.16. The molecule has 1 heterocycles. The molecular weight excluding hydrogens is 544 g/mol. The van der Waals surface area contributed by atoms with E-state index in [4.69, 9.17) is 28.0 Å². The molecule has 1 saturated heterocycles. The molecule has 10 N–H and O–H groups in total. The minimum Gasteiger partial charge on any atom is -0.480 e. The molecule has 42 heavy (non-hydrogen) atoms. The Balaban J connectivity index is 1.81. The summed E-state index contributed by atoms with van der Waals surface area (Å²) < 4.78 is 0. The molecule has 3 amide bonds. The molecule has 1 fully saturated rings. The number of rotatable bonds is 13. The van der Waals surface area contributed by atoms with Gasteiger partial charge in [0.15, 0.2) is 11.3 Å². The highest BCUT2D eigenvalue weighted by atomic mass is 16.4. The van der Waals surface area contributed by atoms with Gasteiger partial charge < -0.3 is 37.4 Å². The maximum absolute atomic E-state index is 13.8. The fraction of sp³-hybridized carbons (Fsp3) is 0.321. The molecule has 2 aromatic rings. The minimum atomic E-state index is -2.04. The SMILES string of the molecule is N=C(N)c1ccc(C(=O)NCCCCC2(C(=O)CN)C(=O)N(CC(=O)O)CCN2C(=O)c2ccc(C(=N)N)cc2)cc1. The Labute approximate surface area is 241 Å². The number of nitrogen functional groups attached to an aromatic ring is 2. The van der Waals surface area contributed by atoms with E-state index in [-0.39, 0.29) is 55.6 Å². The predicted octanol–water partition coefficient (Wildman–Crippen LogP) is -0.509. The van der Waals surface area contributed by atoms with Gasteiger partial charge in [0.25, 0.3) is 17.7 Å². The minimum absolute atomic E-state index is 0.0967. The van der Waals surface area contributed by atoms with Crippen LogP contribution in [0.25, 0.3) is 0 Å². The van der Waals surface area contributed by atoms with Crippen molar-refractivity contribution in [1.82, 2.24) is 15.1 Å². The number of unbranched alkanes of at least 4 members (excludes halogenated alkanes) is 1. The van der Waals surface area contributed by atoms with E-state index in [2.05, 4.69) is 5.32 Å². The van der Waals surface area contributed by atoms with Crippen LogP contribution in [0, 0.1) is 10.8 Å². The number of carboxylic acid groups (broad SMARTS) is 1. The number of hydrogen-bond donors (Lipinski definition) is 7. The normalized spacial score (nSPS) is 16.5. The number of aliphatic carboxylic acids is 1. The molecule has 14 nitrogen and oxygen atoms in total. The van der Waals surface area contributed by atoms with Gasteiger partial charge in [0.1, 0.15) is 18.2 Å². The van der Waals surface area contributed by atoms with Gasteiger partial charge in [-0.25, -0.2) is 0 Å². The number of nitrogens with one attached hydrogen (secondary N) is 3. The van der Waals surface area contributed by atoms with E-state index in [1.54, 1.807) is 12.1 Å². The monoisotopic (exact) mass is 578 g/mol. The van der Waals surface area contributed by atoms with Crippen LogP contribution in [0.2, 0.25) is 0 Å². The van der Waals surface area contributed by atoms with Gasteiger partial charge in [-0.15, -0.1) is 0 Å². The highest BCUT2D eigenvalue weighted by Gasteiger charge is 2.55. The Morgan fingerprint density at radius 3 is 1.88 bits per heavy atom. The van der Waals surface area contributed by atoms with E-state index >= 15 is 0 Å². The molecule has 0 saturated carbocycles. The van der Waals surface area contributed by atoms with Gasteiger partial charge >= 0.3 is 5.97 Å². The first kappa shape index (κ1) is 31.4. The lowest BCUT2D eigenvalue weighted by molar-refractivity contribution is -0.160. The molecule has 0 spiro atoms. The number of amidine groups is 2. The number of carbonyl (C=O) groups excluding carboxylic acids is 4. The maximum Gasteiger partial charge on any atom is 0.323 e. The summed E-state index contributed by atoms with van der Waals surface area (Å²) in [5, 5.41) is 27.1. The number of hydrogen-bond acceptors (Lipinski definition) is 8. The summed E-state index contributed by atoms with van der Waals surface area (Å²) >= 11 is 0. The topological polar surface area (TPSA) is 250 Å². The largest absolute Gasteiger partial charge is 0.480 e. The van der Waals surface area contributed by atoms with Crippen molar-refractivity contribution in [3.8, 4) is 0 Å². The summed E-state index contributed by atoms with van der Waals surface area (Å²) in [4.78, 5) is 67.0. The molecule has 0 aliphatic carbocycles. The van der Waals surface area contributed by atoms with Gasteiger partial charge in [-0.2, -0.15) is 0 Å². The first-order valence-corrected chi connectivity index (χ1v) is 13.2. The zero-order valence-corrected chi connectivity index (χ0v) is 22.9. The molecule has 0 bridgehead atoms. The van der Waals surface area contributed by atoms with E-state index < -0.39 is 42.2 Å². The van der Waals surface area contributed by atoms with Crippen LogP contribution in [0.4, 0.5) is 0 Å². The Hall–Kier alpha value is -5.11. The van der Waals surface area contributed by atoms with Gasteiger partial charge in [0, 0.05) is 41.9 Å². The van der Waals surface area contributed by atoms with E-state index in [0.29, 0.717) is 23.1 Å². The second-order valence-corrected chi connectivity index (χ2v) is 9.76. The molecule has 1 atom stereocenters. The lowest BCUT2D eigenvalue weighted by Gasteiger charge is -2.48. The van der Waals surface area contributed by atoms with Crippen LogP contribution < -0.4 is 22.5 Å². The standard InChI is InChI=1S/C28H34N8O6/c29-15-21(37)28(11-1-2-12-34-25(40)19-7-3-17(4-8-19)23(30)31)27(42)35(16-22(38)39)13-14-36(28)26(41)20-9-5-18(6-10-20)24(32)33/h3-10H,1-2,11-16,29H2,(H3,30,31)(H3,32,33)(H,34,40)(H,38,39). The maximum atomic E-state index is 13.8. The van der Waals surface area contributed by atoms with Gasteiger partial charge in [-0.1, -0.05) is 24.3 Å². The van der Waals surface area contributed by atoms with E-state index in [1.165, 1.54) is 36.4 Å². The molecular formula is C28H34N8O6. The molecule has 1 unspecified atom stereocenters. The molecule has 2 aromatic carbocycles. The number of benzene rings is 2. The molecule has 0 aromatic heterocycles. The third kappa shape index (κ3) is 6.78. The van der Waals surface area contributed by atoms with Crippen LogP contribution in [-0.2, 0) is 14.4 Å². The average molecular weight is 579 g/mol. The van der Waals surface area contributed by atoms with Gasteiger partial charge in [0.2, 0.25) is 0 Å². The number of nitrogens with zero attached hydrogens (tertiary/aromatic N) is 2. The van der Waals surface area contributed by atoms with Gasteiger partial charge in [-0.3, -0.25) is 34.8 Å². The van der Waals surface area contributed by atoms with E-state index in [9.17, 15) is 29.1 Å². The number of carbonyl (C=O) groups is 5. The molecule has 14 heteroatoms. The number of nitrogens with two attached hydrogens (primary N) is 3. The van der Waals surface area contributed by atoms with Gasteiger partial charge in [0.05, 0.1) is 6.54 Å². The number of amides is 3. The number of ketones is 1. The smallest absolute Gasteiger partial charge is 0.323 e. The summed E-state index contributed by atoms with van der Waals surface area (Å²) in [7, 11) is 0. The van der Waals surface area contributed by atoms with Crippen LogP contribution >= 0.6 is 0 Å². The third-order valence-corrected chi connectivity index (χ3v) is 7.07. The first-order chi connectivity index (χ1) is 19.9. The Morgan fingerprint density at radius 1 is 0.857 bits per heavy atom. The van der Waals surface area contributed by atoms with Crippen molar-refractivity contribution in [3.05, 3.63) is 70.8 Å². The van der Waals surface area contributed by atoms with Crippen LogP contribution in [0.3, 0.4) is 0 Å². The van der Waals surface area contributed by atoms with Crippen molar-refractivity contribution in [2.75, 3.05) is 32.7 Å². The zero-order valence-electron chi connectivity index (χ0n) is 22.9. The van der Waals surface area contributed by atoms with Crippen LogP contribution in [0.15, 0.2) is 48.5 Å². The molecule has 222 valence electrons. The zero-order chi connectivity index (χ0) is 31.0. The van der Waals surface area contributed by atoms with Crippen molar-refractivity contribution in [2.45, 2.75) is 24.8 Å². The lowest BCUT2D eigenvalue weighted by atomic mass is 9.81. The number of Topliss-reactive ketones (excluding diaryl/α,β-unsaturated/α-hetero) is 1. The second kappa shape index (κ2) is 13.5. The summed E-state index contributed by atoms with van der Waals surface area (Å²) in [5.74, 6) is -4.14.